The first-order valence-electron chi connectivity index (χ1n) is 5.33. The lowest BCUT2D eigenvalue weighted by atomic mass is 10.2. The molecule has 19 heavy (non-hydrogen) atoms. The standard InChI is InChI=1S/C11H10ClN3O3S/c1-6(12)10-13-14-11(19-10)7-3-4-8(15(16)17)9(5-7)18-2/h3-6H,1-2H3. The first-order valence-corrected chi connectivity index (χ1v) is 6.58. The van der Waals surface area contributed by atoms with Gasteiger partial charge in [-0.1, -0.05) is 11.3 Å². The zero-order valence-electron chi connectivity index (χ0n) is 10.2. The number of methoxy groups -OCH3 is 1. The molecule has 0 aliphatic carbocycles. The first-order chi connectivity index (χ1) is 9.02. The van der Waals surface area contributed by atoms with Gasteiger partial charge in [0.1, 0.15) is 10.0 Å². The maximum Gasteiger partial charge on any atom is 0.310 e. The van der Waals surface area contributed by atoms with Crippen LogP contribution in [0.4, 0.5) is 5.69 Å². The third-order valence-electron chi connectivity index (χ3n) is 2.40. The molecule has 0 aliphatic rings. The van der Waals surface area contributed by atoms with Gasteiger partial charge in [-0.05, 0) is 19.1 Å². The Balaban J connectivity index is 2.42. The SMILES string of the molecule is COc1cc(-c2nnc(C(C)Cl)s2)ccc1[N+](=O)[O-]. The van der Waals surface area contributed by atoms with E-state index in [0.717, 1.165) is 0 Å². The Bertz CT molecular complexity index is 615. The summed E-state index contributed by atoms with van der Waals surface area (Å²) in [6.45, 7) is 1.81. The number of ether oxygens (including phenoxy) is 1. The van der Waals surface area contributed by atoms with Gasteiger partial charge in [0.25, 0.3) is 0 Å². The minimum absolute atomic E-state index is 0.0818. The molecule has 0 amide bonds. The number of nitro groups is 1. The number of hydrogen-bond donors (Lipinski definition) is 0. The van der Waals surface area contributed by atoms with Gasteiger partial charge < -0.3 is 4.74 Å². The second kappa shape index (κ2) is 5.50. The Labute approximate surface area is 118 Å². The lowest BCUT2D eigenvalue weighted by molar-refractivity contribution is -0.385. The van der Waals surface area contributed by atoms with Crippen molar-refractivity contribution in [2.45, 2.75) is 12.3 Å². The molecule has 0 saturated carbocycles. The second-order valence-electron chi connectivity index (χ2n) is 3.71. The predicted molar refractivity (Wildman–Crippen MR) is 72.8 cm³/mol. The van der Waals surface area contributed by atoms with Gasteiger partial charge in [-0.3, -0.25) is 10.1 Å². The molecule has 100 valence electrons. The first kappa shape index (κ1) is 13.7. The van der Waals surface area contributed by atoms with Gasteiger partial charge in [0.15, 0.2) is 5.75 Å². The van der Waals surface area contributed by atoms with E-state index >= 15 is 0 Å². The van der Waals surface area contributed by atoms with Crippen molar-refractivity contribution in [1.29, 1.82) is 0 Å². The maximum atomic E-state index is 10.8. The van der Waals surface area contributed by atoms with Crippen molar-refractivity contribution in [2.24, 2.45) is 0 Å². The Morgan fingerprint density at radius 3 is 2.74 bits per heavy atom. The van der Waals surface area contributed by atoms with Crippen LogP contribution in [0.1, 0.15) is 17.3 Å². The van der Waals surface area contributed by atoms with Crippen LogP contribution in [0, 0.1) is 10.1 Å². The minimum Gasteiger partial charge on any atom is -0.490 e. The van der Waals surface area contributed by atoms with Crippen molar-refractivity contribution in [3.8, 4) is 16.3 Å². The summed E-state index contributed by atoms with van der Waals surface area (Å²) in [5.41, 5.74) is 0.630. The van der Waals surface area contributed by atoms with Crippen LogP contribution in [0.25, 0.3) is 10.6 Å². The molecule has 1 aromatic carbocycles. The van der Waals surface area contributed by atoms with Crippen molar-refractivity contribution in [3.05, 3.63) is 33.3 Å². The minimum atomic E-state index is -0.491. The van der Waals surface area contributed by atoms with Gasteiger partial charge in [-0.2, -0.15) is 0 Å². The zero-order chi connectivity index (χ0) is 14.0. The predicted octanol–water partition coefficient (Wildman–Crippen LogP) is 3.42. The Morgan fingerprint density at radius 2 is 2.21 bits per heavy atom. The number of nitrogens with zero attached hydrogens (tertiary/aromatic N) is 3. The molecule has 6 nitrogen and oxygen atoms in total. The number of hydrogen-bond acceptors (Lipinski definition) is 6. The summed E-state index contributed by atoms with van der Waals surface area (Å²) < 4.78 is 5.01. The molecule has 0 radical (unpaired) electrons. The third kappa shape index (κ3) is 2.82. The van der Waals surface area contributed by atoms with E-state index in [-0.39, 0.29) is 16.8 Å². The topological polar surface area (TPSA) is 78.2 Å². The molecule has 1 heterocycles. The van der Waals surface area contributed by atoms with Crippen molar-refractivity contribution in [3.63, 3.8) is 0 Å². The van der Waals surface area contributed by atoms with Crippen molar-refractivity contribution in [2.75, 3.05) is 7.11 Å². The number of nitro benzene ring substituents is 1. The van der Waals surface area contributed by atoms with Gasteiger partial charge in [0.2, 0.25) is 0 Å². The fourth-order valence-corrected chi connectivity index (χ4v) is 2.42. The number of alkyl halides is 1. The number of aromatic nitrogens is 2. The van der Waals surface area contributed by atoms with E-state index < -0.39 is 4.92 Å². The Morgan fingerprint density at radius 1 is 1.47 bits per heavy atom. The highest BCUT2D eigenvalue weighted by Gasteiger charge is 2.17. The molecule has 8 heteroatoms. The molecule has 0 bridgehead atoms. The largest absolute Gasteiger partial charge is 0.490 e. The van der Waals surface area contributed by atoms with E-state index in [1.807, 2.05) is 6.92 Å². The summed E-state index contributed by atoms with van der Waals surface area (Å²) >= 11 is 7.27. The van der Waals surface area contributed by atoms with Crippen LogP contribution >= 0.6 is 22.9 Å². The molecule has 2 rings (SSSR count). The summed E-state index contributed by atoms with van der Waals surface area (Å²) in [4.78, 5) is 10.3. The van der Waals surface area contributed by atoms with E-state index in [0.29, 0.717) is 15.6 Å². The van der Waals surface area contributed by atoms with Gasteiger partial charge >= 0.3 is 5.69 Å². The normalized spacial score (nSPS) is 12.2. The van der Waals surface area contributed by atoms with Crippen LogP contribution in [0.2, 0.25) is 0 Å². The fraction of sp³-hybridized carbons (Fsp3) is 0.273. The molecular weight excluding hydrogens is 290 g/mol. The molecule has 0 fully saturated rings. The van der Waals surface area contributed by atoms with E-state index in [4.69, 9.17) is 16.3 Å². The van der Waals surface area contributed by atoms with E-state index in [1.54, 1.807) is 12.1 Å². The highest BCUT2D eigenvalue weighted by atomic mass is 35.5. The van der Waals surface area contributed by atoms with Gasteiger partial charge in [0.05, 0.1) is 17.4 Å². The summed E-state index contributed by atoms with van der Waals surface area (Å²) in [6.07, 6.45) is 0. The highest BCUT2D eigenvalue weighted by molar-refractivity contribution is 7.15. The molecule has 1 atom stereocenters. The van der Waals surface area contributed by atoms with Crippen LogP contribution in [-0.4, -0.2) is 22.2 Å². The molecule has 0 aliphatic heterocycles. The average molecular weight is 300 g/mol. The molecule has 1 aromatic heterocycles. The van der Waals surface area contributed by atoms with Crippen LogP contribution in [0.15, 0.2) is 18.2 Å². The van der Waals surface area contributed by atoms with Gasteiger partial charge in [-0.25, -0.2) is 0 Å². The lowest BCUT2D eigenvalue weighted by Crippen LogP contribution is -1.93. The van der Waals surface area contributed by atoms with E-state index in [2.05, 4.69) is 10.2 Å². The number of halogens is 1. The van der Waals surface area contributed by atoms with E-state index in [1.165, 1.54) is 24.5 Å². The molecular formula is C11H10ClN3O3S. The van der Waals surface area contributed by atoms with Gasteiger partial charge in [0, 0.05) is 11.6 Å². The van der Waals surface area contributed by atoms with Crippen LogP contribution < -0.4 is 4.74 Å². The summed E-state index contributed by atoms with van der Waals surface area (Å²) in [5.74, 6) is 0.193. The number of rotatable bonds is 4. The van der Waals surface area contributed by atoms with Crippen LogP contribution in [0.3, 0.4) is 0 Å². The Kier molecular flexibility index (Phi) is 3.96. The van der Waals surface area contributed by atoms with Crippen molar-refractivity contribution in [1.82, 2.24) is 10.2 Å². The monoisotopic (exact) mass is 299 g/mol. The quantitative estimate of drug-likeness (QED) is 0.491. The van der Waals surface area contributed by atoms with Gasteiger partial charge in [-0.15, -0.1) is 21.8 Å². The number of benzene rings is 1. The fourth-order valence-electron chi connectivity index (χ4n) is 1.47. The molecule has 0 spiro atoms. The molecule has 2 aromatic rings. The highest BCUT2D eigenvalue weighted by Crippen LogP contribution is 2.34. The molecule has 0 saturated heterocycles. The third-order valence-corrected chi connectivity index (χ3v) is 3.90. The average Bonchev–Trinajstić information content (AvgIpc) is 2.87. The second-order valence-corrected chi connectivity index (χ2v) is 5.37. The van der Waals surface area contributed by atoms with Crippen LogP contribution in [0.5, 0.6) is 5.75 Å². The van der Waals surface area contributed by atoms with Crippen LogP contribution in [-0.2, 0) is 0 Å². The summed E-state index contributed by atoms with van der Waals surface area (Å²) in [5, 5.41) is 19.9. The maximum absolute atomic E-state index is 10.8. The Hall–Kier alpha value is -1.73. The van der Waals surface area contributed by atoms with Crippen molar-refractivity contribution < 1.29 is 9.66 Å². The smallest absolute Gasteiger partial charge is 0.310 e. The molecule has 1 unspecified atom stereocenters. The molecule has 0 N–H and O–H groups in total. The zero-order valence-corrected chi connectivity index (χ0v) is 11.7. The summed E-state index contributed by atoms with van der Waals surface area (Å²) in [6, 6.07) is 4.57. The summed E-state index contributed by atoms with van der Waals surface area (Å²) in [7, 11) is 1.39. The van der Waals surface area contributed by atoms with E-state index in [9.17, 15) is 10.1 Å². The lowest BCUT2D eigenvalue weighted by Gasteiger charge is -2.02. The van der Waals surface area contributed by atoms with Crippen molar-refractivity contribution >= 4 is 28.6 Å².